The van der Waals surface area contributed by atoms with E-state index >= 15 is 0 Å². The Labute approximate surface area is 150 Å². The molecule has 0 saturated heterocycles. The van der Waals surface area contributed by atoms with Crippen LogP contribution in [0.5, 0.6) is 0 Å². The summed E-state index contributed by atoms with van der Waals surface area (Å²) in [5.74, 6) is 0. The minimum atomic E-state index is -1.25. The Bertz CT molecular complexity index is 347. The van der Waals surface area contributed by atoms with Crippen molar-refractivity contribution in [3.63, 3.8) is 0 Å². The van der Waals surface area contributed by atoms with Crippen molar-refractivity contribution in [3.05, 3.63) is 11.4 Å². The third-order valence-corrected chi connectivity index (χ3v) is 5.25. The van der Waals surface area contributed by atoms with Gasteiger partial charge in [0.15, 0.2) is 0 Å². The van der Waals surface area contributed by atoms with E-state index in [4.69, 9.17) is 32.9 Å². The molecule has 0 aliphatic rings. The molecule has 0 bridgehead atoms. The van der Waals surface area contributed by atoms with Crippen LogP contribution >= 0.6 is 8.53 Å². The van der Waals surface area contributed by atoms with Crippen LogP contribution in [0.1, 0.15) is 41.0 Å². The molecule has 0 rings (SSSR count). The van der Waals surface area contributed by atoms with Crippen LogP contribution in [0.2, 0.25) is 0 Å². The fourth-order valence-corrected chi connectivity index (χ4v) is 3.79. The molecule has 2 radical (unpaired) electrons. The van der Waals surface area contributed by atoms with Gasteiger partial charge in [-0.05, 0) is 34.1 Å². The number of nitrogens with zero attached hydrogens (tertiary/aromatic N) is 2. The van der Waals surface area contributed by atoms with Gasteiger partial charge in [0, 0.05) is 25.2 Å². The molecular weight excluding hydrogens is 326 g/mol. The Kier molecular flexibility index (Phi) is 13.9. The van der Waals surface area contributed by atoms with Gasteiger partial charge >= 0.3 is 0 Å². The second-order valence-electron chi connectivity index (χ2n) is 5.98. The van der Waals surface area contributed by atoms with Crippen molar-refractivity contribution < 1.29 is 18.5 Å². The van der Waals surface area contributed by atoms with E-state index < -0.39 is 14.5 Å². The monoisotopic (exact) mass is 358 g/mol. The van der Waals surface area contributed by atoms with Crippen LogP contribution < -0.4 is 0 Å². The first-order valence-electron chi connectivity index (χ1n) is 8.44. The fraction of sp³-hybridized carbons (Fsp3) is 0.938. The summed E-state index contributed by atoms with van der Waals surface area (Å²) in [5.41, 5.74) is 0. The van der Waals surface area contributed by atoms with Gasteiger partial charge in [-0.3, -0.25) is 0 Å². The van der Waals surface area contributed by atoms with Crippen LogP contribution in [-0.4, -0.2) is 70.2 Å². The molecule has 0 aliphatic carbocycles. The second-order valence-corrected chi connectivity index (χ2v) is 7.43. The molecule has 0 fully saturated rings. The highest BCUT2D eigenvalue weighted by molar-refractivity contribution is 7.44. The molecule has 0 heterocycles. The molecular formula is C16H32BN2O4P. The lowest BCUT2D eigenvalue weighted by atomic mass is 10.0. The van der Waals surface area contributed by atoms with E-state index in [1.165, 1.54) is 0 Å². The molecule has 24 heavy (non-hydrogen) atoms. The second kappa shape index (κ2) is 14.0. The first-order valence-corrected chi connectivity index (χ1v) is 9.57. The smallest absolute Gasteiger partial charge is 0.259 e. The van der Waals surface area contributed by atoms with Crippen molar-refractivity contribution in [3.8, 4) is 0 Å². The number of ether oxygens (including phenoxy) is 2. The SMILES string of the molecule is [B]C(COC)O[C@H](CC)COP(OCC[N+]#[C-])N(C(C)C)C(C)C. The highest BCUT2D eigenvalue weighted by Gasteiger charge is 2.28. The predicted octanol–water partition coefficient (Wildman–Crippen LogP) is 3.22. The van der Waals surface area contributed by atoms with Gasteiger partial charge in [0.05, 0.1) is 19.3 Å². The number of rotatable bonds is 14. The maximum Gasteiger partial charge on any atom is 0.259 e. The van der Waals surface area contributed by atoms with E-state index in [9.17, 15) is 0 Å². The molecule has 0 N–H and O–H groups in total. The molecule has 0 aromatic heterocycles. The summed E-state index contributed by atoms with van der Waals surface area (Å²) in [6.45, 7) is 18.8. The lowest BCUT2D eigenvalue weighted by Gasteiger charge is -2.36. The first-order chi connectivity index (χ1) is 11.4. The molecule has 8 heteroatoms. The third-order valence-electron chi connectivity index (χ3n) is 3.18. The average molecular weight is 358 g/mol. The minimum absolute atomic E-state index is 0.120. The Morgan fingerprint density at radius 3 is 2.21 bits per heavy atom. The molecule has 0 aromatic carbocycles. The maximum absolute atomic E-state index is 6.89. The van der Waals surface area contributed by atoms with E-state index in [0.29, 0.717) is 26.4 Å². The molecule has 3 atom stereocenters. The van der Waals surface area contributed by atoms with Crippen molar-refractivity contribution in [2.24, 2.45) is 0 Å². The van der Waals surface area contributed by atoms with Crippen molar-refractivity contribution in [1.29, 1.82) is 0 Å². The lowest BCUT2D eigenvalue weighted by Crippen LogP contribution is -2.35. The summed E-state index contributed by atoms with van der Waals surface area (Å²) in [5, 5.41) is 0. The van der Waals surface area contributed by atoms with Gasteiger partial charge in [0.2, 0.25) is 6.54 Å². The zero-order valence-electron chi connectivity index (χ0n) is 15.9. The Hall–Kier alpha value is -0.215. The van der Waals surface area contributed by atoms with Crippen molar-refractivity contribution >= 4 is 16.4 Å². The number of hydrogen-bond donors (Lipinski definition) is 0. The van der Waals surface area contributed by atoms with Crippen LogP contribution in [0.3, 0.4) is 0 Å². The minimum Gasteiger partial charge on any atom is -0.383 e. The van der Waals surface area contributed by atoms with Crippen LogP contribution in [0.15, 0.2) is 0 Å². The summed E-state index contributed by atoms with van der Waals surface area (Å²) < 4.78 is 24.8. The van der Waals surface area contributed by atoms with E-state index in [1.807, 2.05) is 6.92 Å². The zero-order chi connectivity index (χ0) is 18.5. The first kappa shape index (κ1) is 23.8. The average Bonchev–Trinajstić information content (AvgIpc) is 2.50. The molecule has 0 aliphatic heterocycles. The van der Waals surface area contributed by atoms with Gasteiger partial charge in [0.25, 0.3) is 8.53 Å². The highest BCUT2D eigenvalue weighted by Crippen LogP contribution is 2.46. The summed E-state index contributed by atoms with van der Waals surface area (Å²) in [6.07, 6.45) is 0.664. The standard InChI is InChI=1S/C16H32BN2O4P/c1-8-15(23-16(17)12-20-7)11-22-24(21-10-9-18-6)19(13(2)3)14(4)5/h13-16H,8-12H2,1-5,7H3/t15-,16?,24?/m1/s1. The largest absolute Gasteiger partial charge is 0.383 e. The molecule has 0 spiro atoms. The summed E-state index contributed by atoms with van der Waals surface area (Å²) in [7, 11) is 6.19. The van der Waals surface area contributed by atoms with E-state index in [-0.39, 0.29) is 18.2 Å². The third kappa shape index (κ3) is 9.93. The molecule has 0 amide bonds. The molecule has 138 valence electrons. The predicted molar refractivity (Wildman–Crippen MR) is 99.0 cm³/mol. The molecule has 0 saturated carbocycles. The highest BCUT2D eigenvalue weighted by atomic mass is 31.2. The van der Waals surface area contributed by atoms with Gasteiger partial charge < -0.3 is 23.4 Å². The quantitative estimate of drug-likeness (QED) is 0.207. The van der Waals surface area contributed by atoms with Crippen LogP contribution in [0.4, 0.5) is 0 Å². The summed E-state index contributed by atoms with van der Waals surface area (Å²) in [4.78, 5) is 3.33. The Morgan fingerprint density at radius 2 is 1.75 bits per heavy atom. The van der Waals surface area contributed by atoms with Gasteiger partial charge in [-0.15, -0.1) is 0 Å². The normalized spacial score (nSPS) is 15.7. The lowest BCUT2D eigenvalue weighted by molar-refractivity contribution is -0.0303. The molecule has 0 aromatic rings. The Morgan fingerprint density at radius 1 is 1.12 bits per heavy atom. The van der Waals surface area contributed by atoms with Crippen molar-refractivity contribution in [2.75, 3.05) is 33.5 Å². The topological polar surface area (TPSA) is 44.5 Å². The van der Waals surface area contributed by atoms with Crippen molar-refractivity contribution in [1.82, 2.24) is 4.67 Å². The van der Waals surface area contributed by atoms with Crippen LogP contribution in [0, 0.1) is 6.57 Å². The van der Waals surface area contributed by atoms with Crippen LogP contribution in [-0.2, 0) is 18.5 Å². The van der Waals surface area contributed by atoms with Gasteiger partial charge in [0.1, 0.15) is 14.5 Å². The van der Waals surface area contributed by atoms with E-state index in [0.717, 1.165) is 6.42 Å². The zero-order valence-corrected chi connectivity index (χ0v) is 16.8. The van der Waals surface area contributed by atoms with Crippen molar-refractivity contribution in [2.45, 2.75) is 65.2 Å². The number of hydrogen-bond acceptors (Lipinski definition) is 5. The van der Waals surface area contributed by atoms with Gasteiger partial charge in [-0.25, -0.2) is 11.2 Å². The fourth-order valence-electron chi connectivity index (χ4n) is 2.16. The molecule has 2 unspecified atom stereocenters. The Balaban J connectivity index is 4.74. The van der Waals surface area contributed by atoms with Gasteiger partial charge in [-0.1, -0.05) is 6.92 Å². The van der Waals surface area contributed by atoms with E-state index in [1.54, 1.807) is 7.11 Å². The van der Waals surface area contributed by atoms with E-state index in [2.05, 4.69) is 37.2 Å². The van der Waals surface area contributed by atoms with Crippen LogP contribution in [0.25, 0.3) is 4.85 Å². The summed E-state index contributed by atoms with van der Waals surface area (Å²) >= 11 is 0. The molecule has 6 nitrogen and oxygen atoms in total. The van der Waals surface area contributed by atoms with Gasteiger partial charge in [-0.2, -0.15) is 0 Å². The summed E-state index contributed by atoms with van der Waals surface area (Å²) in [6, 6.07) is 0.0886. The number of methoxy groups -OCH3 is 1. The maximum atomic E-state index is 6.89.